The number of hydrogen-bond acceptors (Lipinski definition) is 2. The molecule has 1 saturated heterocycles. The van der Waals surface area contributed by atoms with Crippen LogP contribution in [0.3, 0.4) is 0 Å². The van der Waals surface area contributed by atoms with Crippen LogP contribution in [0.1, 0.15) is 23.2 Å². The van der Waals surface area contributed by atoms with E-state index < -0.39 is 12.0 Å². The van der Waals surface area contributed by atoms with Crippen molar-refractivity contribution < 1.29 is 14.7 Å². The third kappa shape index (κ3) is 2.67. The van der Waals surface area contributed by atoms with Gasteiger partial charge in [0.2, 0.25) is 0 Å². The molecule has 0 spiro atoms. The molecule has 1 aliphatic rings. The first-order valence-electron chi connectivity index (χ1n) is 5.49. The average molecular weight is 333 g/mol. The van der Waals surface area contributed by atoms with Crippen LogP contribution in [-0.2, 0) is 4.79 Å². The Bertz CT molecular complexity index is 486. The van der Waals surface area contributed by atoms with Gasteiger partial charge in [-0.2, -0.15) is 0 Å². The maximum atomic E-state index is 12.2. The van der Waals surface area contributed by atoms with Crippen LogP contribution in [0.4, 0.5) is 0 Å². The van der Waals surface area contributed by atoms with E-state index in [0.29, 0.717) is 34.4 Å². The number of halogens is 2. The molecule has 1 aromatic rings. The predicted molar refractivity (Wildman–Crippen MR) is 70.8 cm³/mol. The summed E-state index contributed by atoms with van der Waals surface area (Å²) in [6, 6.07) is 4.14. The Morgan fingerprint density at radius 2 is 2.11 bits per heavy atom. The number of benzene rings is 1. The van der Waals surface area contributed by atoms with E-state index >= 15 is 0 Å². The van der Waals surface area contributed by atoms with Gasteiger partial charge in [-0.1, -0.05) is 27.5 Å². The van der Waals surface area contributed by atoms with Crippen LogP contribution in [0, 0.1) is 0 Å². The molecule has 96 valence electrons. The van der Waals surface area contributed by atoms with Gasteiger partial charge in [0.25, 0.3) is 5.91 Å². The van der Waals surface area contributed by atoms with Crippen LogP contribution in [0.5, 0.6) is 0 Å². The summed E-state index contributed by atoms with van der Waals surface area (Å²) in [6.07, 6.45) is 1.22. The van der Waals surface area contributed by atoms with Gasteiger partial charge in [-0.25, -0.2) is 4.79 Å². The third-order valence-electron chi connectivity index (χ3n) is 2.91. The maximum absolute atomic E-state index is 12.2. The number of likely N-dealkylation sites (tertiary alicyclic amines) is 1. The lowest BCUT2D eigenvalue weighted by Crippen LogP contribution is -2.40. The quantitative estimate of drug-likeness (QED) is 0.906. The van der Waals surface area contributed by atoms with E-state index in [1.165, 1.54) is 4.90 Å². The number of aliphatic carboxylic acids is 1. The molecule has 0 saturated carbocycles. The molecule has 1 N–H and O–H groups in total. The standard InChI is InChI=1S/C12H11BrClNO3/c13-8-4-7(5-9(14)6-8)11(16)15-3-1-2-10(15)12(17)18/h4-6,10H,1-3H2,(H,17,18)/t10-/m0/s1. The highest BCUT2D eigenvalue weighted by atomic mass is 79.9. The van der Waals surface area contributed by atoms with Crippen molar-refractivity contribution in [3.05, 3.63) is 33.3 Å². The summed E-state index contributed by atoms with van der Waals surface area (Å²) < 4.78 is 0.699. The van der Waals surface area contributed by atoms with Crippen molar-refractivity contribution >= 4 is 39.4 Å². The van der Waals surface area contributed by atoms with Gasteiger partial charge in [0.15, 0.2) is 0 Å². The summed E-state index contributed by atoms with van der Waals surface area (Å²) in [5, 5.41) is 9.50. The second kappa shape index (κ2) is 5.28. The molecule has 0 aromatic heterocycles. The highest BCUT2D eigenvalue weighted by molar-refractivity contribution is 9.10. The zero-order valence-corrected chi connectivity index (χ0v) is 11.7. The van der Waals surface area contributed by atoms with E-state index in [1.54, 1.807) is 18.2 Å². The Kier molecular flexibility index (Phi) is 3.92. The van der Waals surface area contributed by atoms with Gasteiger partial charge in [-0.15, -0.1) is 0 Å². The number of amides is 1. The summed E-state index contributed by atoms with van der Waals surface area (Å²) in [4.78, 5) is 24.7. The Balaban J connectivity index is 2.28. The monoisotopic (exact) mass is 331 g/mol. The van der Waals surface area contributed by atoms with Gasteiger partial charge in [0, 0.05) is 21.6 Å². The molecule has 1 heterocycles. The largest absolute Gasteiger partial charge is 0.480 e. The normalized spacial score (nSPS) is 19.0. The minimum atomic E-state index is -0.957. The molecule has 1 atom stereocenters. The molecule has 0 bridgehead atoms. The Morgan fingerprint density at radius 1 is 1.39 bits per heavy atom. The fourth-order valence-corrected chi connectivity index (χ4v) is 2.97. The van der Waals surface area contributed by atoms with E-state index in [-0.39, 0.29) is 5.91 Å². The van der Waals surface area contributed by atoms with Gasteiger partial charge in [0.1, 0.15) is 6.04 Å². The van der Waals surface area contributed by atoms with Crippen molar-refractivity contribution in [3.63, 3.8) is 0 Å². The molecule has 1 aliphatic heterocycles. The van der Waals surface area contributed by atoms with E-state index in [0.717, 1.165) is 0 Å². The summed E-state index contributed by atoms with van der Waals surface area (Å²) in [5.74, 6) is -1.25. The minimum absolute atomic E-state index is 0.289. The van der Waals surface area contributed by atoms with Crippen LogP contribution in [-0.4, -0.2) is 34.5 Å². The van der Waals surface area contributed by atoms with E-state index in [2.05, 4.69) is 15.9 Å². The van der Waals surface area contributed by atoms with Crippen molar-refractivity contribution in [3.8, 4) is 0 Å². The van der Waals surface area contributed by atoms with Crippen LogP contribution < -0.4 is 0 Å². The summed E-state index contributed by atoms with van der Waals surface area (Å²) in [5.41, 5.74) is 0.405. The summed E-state index contributed by atoms with van der Waals surface area (Å²) >= 11 is 9.15. The van der Waals surface area contributed by atoms with Crippen LogP contribution in [0.2, 0.25) is 5.02 Å². The molecule has 4 nitrogen and oxygen atoms in total. The summed E-state index contributed by atoms with van der Waals surface area (Å²) in [7, 11) is 0. The molecule has 6 heteroatoms. The molecule has 0 unspecified atom stereocenters. The van der Waals surface area contributed by atoms with E-state index in [9.17, 15) is 9.59 Å². The highest BCUT2D eigenvalue weighted by Crippen LogP contribution is 2.24. The Hall–Kier alpha value is -1.07. The molecular formula is C12H11BrClNO3. The third-order valence-corrected chi connectivity index (χ3v) is 3.58. The van der Waals surface area contributed by atoms with Crippen molar-refractivity contribution in [1.29, 1.82) is 0 Å². The maximum Gasteiger partial charge on any atom is 0.326 e. The molecule has 0 aliphatic carbocycles. The number of carboxylic acids is 1. The van der Waals surface area contributed by atoms with Gasteiger partial charge in [0.05, 0.1) is 0 Å². The molecule has 0 radical (unpaired) electrons. The lowest BCUT2D eigenvalue weighted by atomic mass is 10.1. The first-order chi connectivity index (χ1) is 8.49. The Morgan fingerprint density at radius 3 is 2.72 bits per heavy atom. The van der Waals surface area contributed by atoms with Crippen molar-refractivity contribution in [2.24, 2.45) is 0 Å². The molecule has 1 aromatic carbocycles. The van der Waals surface area contributed by atoms with Crippen LogP contribution >= 0.6 is 27.5 Å². The van der Waals surface area contributed by atoms with Gasteiger partial charge in [-0.3, -0.25) is 4.79 Å². The molecule has 18 heavy (non-hydrogen) atoms. The van der Waals surface area contributed by atoms with Gasteiger partial charge >= 0.3 is 5.97 Å². The second-order valence-electron chi connectivity index (χ2n) is 4.15. The van der Waals surface area contributed by atoms with Gasteiger partial charge in [-0.05, 0) is 31.0 Å². The molecule has 2 rings (SSSR count). The van der Waals surface area contributed by atoms with Crippen molar-refractivity contribution in [2.75, 3.05) is 6.54 Å². The van der Waals surface area contributed by atoms with E-state index in [4.69, 9.17) is 16.7 Å². The zero-order valence-electron chi connectivity index (χ0n) is 9.40. The summed E-state index contributed by atoms with van der Waals surface area (Å²) in [6.45, 7) is 0.472. The SMILES string of the molecule is O=C(O)[C@@H]1CCCN1C(=O)c1cc(Cl)cc(Br)c1. The minimum Gasteiger partial charge on any atom is -0.480 e. The number of hydrogen-bond donors (Lipinski definition) is 1. The number of carbonyl (C=O) groups excluding carboxylic acids is 1. The first kappa shape index (κ1) is 13.4. The smallest absolute Gasteiger partial charge is 0.326 e. The predicted octanol–water partition coefficient (Wildman–Crippen LogP) is 2.79. The van der Waals surface area contributed by atoms with Gasteiger partial charge < -0.3 is 10.0 Å². The van der Waals surface area contributed by atoms with Crippen LogP contribution in [0.15, 0.2) is 22.7 Å². The average Bonchev–Trinajstić information content (AvgIpc) is 2.75. The van der Waals surface area contributed by atoms with Crippen molar-refractivity contribution in [2.45, 2.75) is 18.9 Å². The highest BCUT2D eigenvalue weighted by Gasteiger charge is 2.34. The fraction of sp³-hybridized carbons (Fsp3) is 0.333. The Labute approximate surface area is 118 Å². The van der Waals surface area contributed by atoms with Crippen LogP contribution in [0.25, 0.3) is 0 Å². The topological polar surface area (TPSA) is 57.6 Å². The first-order valence-corrected chi connectivity index (χ1v) is 6.66. The molecule has 1 fully saturated rings. The fourth-order valence-electron chi connectivity index (χ4n) is 2.11. The number of carbonyl (C=O) groups is 2. The lowest BCUT2D eigenvalue weighted by molar-refractivity contribution is -0.141. The number of carboxylic acid groups (broad SMARTS) is 1. The number of rotatable bonds is 2. The number of nitrogens with zero attached hydrogens (tertiary/aromatic N) is 1. The zero-order chi connectivity index (χ0) is 13.3. The van der Waals surface area contributed by atoms with Crippen molar-refractivity contribution in [1.82, 2.24) is 4.90 Å². The molecule has 1 amide bonds. The molecular weight excluding hydrogens is 321 g/mol. The van der Waals surface area contributed by atoms with E-state index in [1.807, 2.05) is 0 Å². The second-order valence-corrected chi connectivity index (χ2v) is 5.51. The lowest BCUT2D eigenvalue weighted by Gasteiger charge is -2.21.